The molecule has 0 saturated carbocycles. The van der Waals surface area contributed by atoms with Crippen LogP contribution in [-0.2, 0) is 9.53 Å². The van der Waals surface area contributed by atoms with Gasteiger partial charge in [0.25, 0.3) is 0 Å². The Labute approximate surface area is 135 Å². The number of ether oxygens (including phenoxy) is 2. The van der Waals surface area contributed by atoms with Crippen molar-refractivity contribution in [1.82, 2.24) is 0 Å². The minimum Gasteiger partial charge on any atom is -0.497 e. The lowest BCUT2D eigenvalue weighted by atomic mass is 9.89. The quantitative estimate of drug-likeness (QED) is 0.812. The summed E-state index contributed by atoms with van der Waals surface area (Å²) in [6.07, 6.45) is 0.765. The molecule has 4 nitrogen and oxygen atoms in total. The molecule has 0 radical (unpaired) electrons. The zero-order valence-electron chi connectivity index (χ0n) is 13.2. The Morgan fingerprint density at radius 3 is 2.30 bits per heavy atom. The van der Waals surface area contributed by atoms with Gasteiger partial charge in [-0.2, -0.15) is 0 Å². The fraction of sp³-hybridized carbons (Fsp3) is 0.263. The summed E-state index contributed by atoms with van der Waals surface area (Å²) in [7, 11) is 3.03. The number of carbonyl (C=O) groups is 1. The minimum atomic E-state index is -0.357. The third kappa shape index (κ3) is 3.11. The van der Waals surface area contributed by atoms with Crippen molar-refractivity contribution in [3.63, 3.8) is 0 Å². The monoisotopic (exact) mass is 309 g/mol. The van der Waals surface area contributed by atoms with Crippen LogP contribution in [0, 0.1) is 0 Å². The van der Waals surface area contributed by atoms with Crippen molar-refractivity contribution < 1.29 is 14.3 Å². The molecule has 0 aliphatic carbocycles. The Bertz CT molecular complexity index is 707. The van der Waals surface area contributed by atoms with Crippen molar-refractivity contribution in [2.45, 2.75) is 18.4 Å². The fourth-order valence-electron chi connectivity index (χ4n) is 2.96. The van der Waals surface area contributed by atoms with E-state index in [9.17, 15) is 4.79 Å². The predicted octanol–water partition coefficient (Wildman–Crippen LogP) is 3.54. The maximum Gasteiger partial charge on any atom is 0.352 e. The first-order valence-electron chi connectivity index (χ1n) is 7.58. The molecule has 0 aromatic heterocycles. The second-order valence-corrected chi connectivity index (χ2v) is 5.49. The summed E-state index contributed by atoms with van der Waals surface area (Å²) in [5.74, 6) is 0.380. The van der Waals surface area contributed by atoms with Crippen LogP contribution < -0.4 is 4.74 Å². The van der Waals surface area contributed by atoms with Gasteiger partial charge in [-0.1, -0.05) is 42.5 Å². The van der Waals surface area contributed by atoms with Crippen molar-refractivity contribution >= 4 is 11.7 Å². The maximum absolute atomic E-state index is 12.1. The molecule has 2 atom stereocenters. The molecule has 23 heavy (non-hydrogen) atoms. The van der Waals surface area contributed by atoms with Crippen LogP contribution in [-0.4, -0.2) is 25.9 Å². The topological polar surface area (TPSA) is 47.9 Å². The standard InChI is InChI=1S/C19H19NO3/c1-22-15-10-8-13(9-11-15)16-12-17(14-6-4-3-5-7-14)20-18(16)19(21)23-2/h3-11,16-17H,12H2,1-2H3/t16-,17+/m1/s1. The Morgan fingerprint density at radius 1 is 1.00 bits per heavy atom. The van der Waals surface area contributed by atoms with Crippen LogP contribution >= 0.6 is 0 Å². The molecule has 0 amide bonds. The molecule has 118 valence electrons. The van der Waals surface area contributed by atoms with Crippen molar-refractivity contribution in [3.05, 3.63) is 65.7 Å². The van der Waals surface area contributed by atoms with Gasteiger partial charge in [0.1, 0.15) is 11.5 Å². The molecule has 0 N–H and O–H groups in total. The predicted molar refractivity (Wildman–Crippen MR) is 89.0 cm³/mol. The number of methoxy groups -OCH3 is 2. The van der Waals surface area contributed by atoms with E-state index in [2.05, 4.69) is 4.99 Å². The summed E-state index contributed by atoms with van der Waals surface area (Å²) in [6, 6.07) is 17.8. The van der Waals surface area contributed by atoms with E-state index in [0.717, 1.165) is 23.3 Å². The van der Waals surface area contributed by atoms with E-state index >= 15 is 0 Å². The molecule has 3 rings (SSSR count). The molecule has 0 saturated heterocycles. The number of esters is 1. The normalized spacial score (nSPS) is 20.0. The number of hydrogen-bond donors (Lipinski definition) is 0. The molecule has 1 aliphatic rings. The lowest BCUT2D eigenvalue weighted by molar-refractivity contribution is -0.132. The Balaban J connectivity index is 1.92. The first-order valence-corrected chi connectivity index (χ1v) is 7.58. The Hall–Kier alpha value is -2.62. The highest BCUT2D eigenvalue weighted by molar-refractivity contribution is 6.39. The largest absolute Gasteiger partial charge is 0.497 e. The van der Waals surface area contributed by atoms with Crippen LogP contribution in [0.25, 0.3) is 0 Å². The van der Waals surface area contributed by atoms with E-state index in [0.29, 0.717) is 5.71 Å². The Morgan fingerprint density at radius 2 is 1.70 bits per heavy atom. The van der Waals surface area contributed by atoms with E-state index in [1.165, 1.54) is 7.11 Å². The maximum atomic E-state index is 12.1. The lowest BCUT2D eigenvalue weighted by Crippen LogP contribution is -2.20. The van der Waals surface area contributed by atoms with Crippen LogP contribution in [0.3, 0.4) is 0 Å². The van der Waals surface area contributed by atoms with Gasteiger partial charge in [0.05, 0.1) is 20.3 Å². The molecule has 1 aliphatic heterocycles. The molecule has 4 heteroatoms. The van der Waals surface area contributed by atoms with E-state index in [-0.39, 0.29) is 17.9 Å². The van der Waals surface area contributed by atoms with Gasteiger partial charge in [-0.15, -0.1) is 0 Å². The molecule has 2 aromatic rings. The third-order valence-corrected chi connectivity index (χ3v) is 4.18. The summed E-state index contributed by atoms with van der Waals surface area (Å²) in [4.78, 5) is 16.8. The number of benzene rings is 2. The highest BCUT2D eigenvalue weighted by Crippen LogP contribution is 2.39. The van der Waals surface area contributed by atoms with Gasteiger partial charge in [0.15, 0.2) is 0 Å². The lowest BCUT2D eigenvalue weighted by Gasteiger charge is -2.13. The first-order chi connectivity index (χ1) is 11.2. The van der Waals surface area contributed by atoms with E-state index in [1.54, 1.807) is 7.11 Å². The molecule has 0 spiro atoms. The highest BCUT2D eigenvalue weighted by atomic mass is 16.5. The van der Waals surface area contributed by atoms with Crippen molar-refractivity contribution in [2.75, 3.05) is 14.2 Å². The van der Waals surface area contributed by atoms with Crippen LogP contribution in [0.5, 0.6) is 5.75 Å². The van der Waals surface area contributed by atoms with Crippen LogP contribution in [0.2, 0.25) is 0 Å². The average Bonchev–Trinajstić information content (AvgIpc) is 3.07. The SMILES string of the molecule is COC(=O)C1=N[C@H](c2ccccc2)C[C@@H]1c1ccc(OC)cc1. The van der Waals surface area contributed by atoms with E-state index in [4.69, 9.17) is 9.47 Å². The van der Waals surface area contributed by atoms with Crippen molar-refractivity contribution in [2.24, 2.45) is 4.99 Å². The number of carbonyl (C=O) groups excluding carboxylic acids is 1. The molecule has 1 heterocycles. The summed E-state index contributed by atoms with van der Waals surface area (Å²) in [5.41, 5.74) is 2.66. The van der Waals surface area contributed by atoms with Crippen LogP contribution in [0.15, 0.2) is 59.6 Å². The zero-order chi connectivity index (χ0) is 16.2. The number of hydrogen-bond acceptors (Lipinski definition) is 4. The number of rotatable bonds is 4. The van der Waals surface area contributed by atoms with E-state index < -0.39 is 0 Å². The summed E-state index contributed by atoms with van der Waals surface area (Å²) < 4.78 is 10.1. The molecular formula is C19H19NO3. The van der Waals surface area contributed by atoms with Gasteiger partial charge in [0, 0.05) is 5.92 Å². The van der Waals surface area contributed by atoms with Crippen molar-refractivity contribution in [3.8, 4) is 5.75 Å². The van der Waals surface area contributed by atoms with Gasteiger partial charge in [-0.3, -0.25) is 4.99 Å². The molecule has 2 aromatic carbocycles. The molecular weight excluding hydrogens is 290 g/mol. The van der Waals surface area contributed by atoms with Gasteiger partial charge in [0.2, 0.25) is 0 Å². The molecule has 0 bridgehead atoms. The third-order valence-electron chi connectivity index (χ3n) is 4.18. The summed E-state index contributed by atoms with van der Waals surface area (Å²) in [6.45, 7) is 0. The van der Waals surface area contributed by atoms with Gasteiger partial charge in [-0.05, 0) is 29.7 Å². The Kier molecular flexibility index (Phi) is 4.42. The average molecular weight is 309 g/mol. The van der Waals surface area contributed by atoms with Gasteiger partial charge in [-0.25, -0.2) is 4.79 Å². The van der Waals surface area contributed by atoms with Crippen molar-refractivity contribution in [1.29, 1.82) is 0 Å². The first kappa shape index (κ1) is 15.3. The minimum absolute atomic E-state index is 0.0163. The number of aliphatic imine (C=N–C) groups is 1. The fourth-order valence-corrected chi connectivity index (χ4v) is 2.96. The second-order valence-electron chi connectivity index (χ2n) is 5.49. The highest BCUT2D eigenvalue weighted by Gasteiger charge is 2.34. The zero-order valence-corrected chi connectivity index (χ0v) is 13.2. The van der Waals surface area contributed by atoms with Gasteiger partial charge < -0.3 is 9.47 Å². The number of nitrogens with zero attached hydrogens (tertiary/aromatic N) is 1. The molecule has 0 unspecified atom stereocenters. The summed E-state index contributed by atoms with van der Waals surface area (Å²) in [5, 5.41) is 0. The van der Waals surface area contributed by atoms with Crippen LogP contribution in [0.1, 0.15) is 29.5 Å². The van der Waals surface area contributed by atoms with Gasteiger partial charge >= 0.3 is 5.97 Å². The smallest absolute Gasteiger partial charge is 0.352 e. The summed E-state index contributed by atoms with van der Waals surface area (Å²) >= 11 is 0. The van der Waals surface area contributed by atoms with E-state index in [1.807, 2.05) is 54.6 Å². The molecule has 0 fully saturated rings. The second kappa shape index (κ2) is 6.65. The van der Waals surface area contributed by atoms with Crippen LogP contribution in [0.4, 0.5) is 0 Å².